The standard InChI is InChI=1S/C12H14N6O2/c1-18(7-10-14-4-5-15-10)12(19)9-3-2-8(6-16-9)11(13)17-20/h2-6,20H,7H2,1H3,(H2,13,17)(H,14,15). The van der Waals surface area contributed by atoms with Gasteiger partial charge in [-0.25, -0.2) is 4.98 Å². The number of carbonyl (C=O) groups excluding carboxylic acids is 1. The number of carbonyl (C=O) groups is 1. The van der Waals surface area contributed by atoms with E-state index in [-0.39, 0.29) is 17.4 Å². The molecule has 20 heavy (non-hydrogen) atoms. The molecule has 2 rings (SSSR count). The molecule has 4 N–H and O–H groups in total. The van der Waals surface area contributed by atoms with E-state index in [0.717, 1.165) is 0 Å². The molecule has 2 aromatic rings. The molecule has 0 aliphatic rings. The number of aromatic amines is 1. The first-order valence-electron chi connectivity index (χ1n) is 5.79. The molecule has 0 aromatic carbocycles. The number of rotatable bonds is 4. The van der Waals surface area contributed by atoms with Crippen LogP contribution in [0.4, 0.5) is 0 Å². The van der Waals surface area contributed by atoms with Crippen molar-refractivity contribution in [3.8, 4) is 0 Å². The fourth-order valence-electron chi connectivity index (χ4n) is 1.61. The Morgan fingerprint density at radius 1 is 1.50 bits per heavy atom. The topological polar surface area (TPSA) is 120 Å². The second-order valence-electron chi connectivity index (χ2n) is 4.11. The fourth-order valence-corrected chi connectivity index (χ4v) is 1.61. The van der Waals surface area contributed by atoms with Gasteiger partial charge in [0.15, 0.2) is 5.84 Å². The van der Waals surface area contributed by atoms with Crippen molar-refractivity contribution in [3.63, 3.8) is 0 Å². The van der Waals surface area contributed by atoms with Crippen molar-refractivity contribution in [1.82, 2.24) is 19.9 Å². The summed E-state index contributed by atoms with van der Waals surface area (Å²) in [7, 11) is 1.66. The second kappa shape index (κ2) is 5.83. The largest absolute Gasteiger partial charge is 0.409 e. The van der Waals surface area contributed by atoms with Crippen LogP contribution in [0.5, 0.6) is 0 Å². The highest BCUT2D eigenvalue weighted by molar-refractivity contribution is 5.98. The number of amidine groups is 1. The van der Waals surface area contributed by atoms with Crippen molar-refractivity contribution in [3.05, 3.63) is 47.8 Å². The number of nitrogens with one attached hydrogen (secondary N) is 1. The summed E-state index contributed by atoms with van der Waals surface area (Å²) >= 11 is 0. The molecule has 0 aliphatic carbocycles. The Hall–Kier alpha value is -2.90. The molecule has 104 valence electrons. The maximum absolute atomic E-state index is 12.1. The number of H-pyrrole nitrogens is 1. The average molecular weight is 274 g/mol. The van der Waals surface area contributed by atoms with Crippen LogP contribution >= 0.6 is 0 Å². The van der Waals surface area contributed by atoms with E-state index in [1.807, 2.05) is 0 Å². The lowest BCUT2D eigenvalue weighted by atomic mass is 10.2. The van der Waals surface area contributed by atoms with Crippen molar-refractivity contribution in [2.75, 3.05) is 7.05 Å². The summed E-state index contributed by atoms with van der Waals surface area (Å²) in [5.41, 5.74) is 6.14. The molecular formula is C12H14N6O2. The zero-order valence-electron chi connectivity index (χ0n) is 10.8. The Labute approximate surface area is 115 Å². The molecular weight excluding hydrogens is 260 g/mol. The van der Waals surface area contributed by atoms with Gasteiger partial charge in [0.25, 0.3) is 5.91 Å². The van der Waals surface area contributed by atoms with Crippen molar-refractivity contribution < 1.29 is 10.0 Å². The lowest BCUT2D eigenvalue weighted by molar-refractivity contribution is 0.0776. The van der Waals surface area contributed by atoms with Crippen LogP contribution in [0.2, 0.25) is 0 Å². The molecule has 2 aromatic heterocycles. The van der Waals surface area contributed by atoms with Gasteiger partial charge < -0.3 is 20.8 Å². The third-order valence-corrected chi connectivity index (χ3v) is 2.67. The van der Waals surface area contributed by atoms with Crippen LogP contribution in [-0.4, -0.2) is 43.8 Å². The molecule has 2 heterocycles. The summed E-state index contributed by atoms with van der Waals surface area (Å²) < 4.78 is 0. The predicted molar refractivity (Wildman–Crippen MR) is 71.1 cm³/mol. The van der Waals surface area contributed by atoms with Crippen molar-refractivity contribution in [2.45, 2.75) is 6.54 Å². The monoisotopic (exact) mass is 274 g/mol. The van der Waals surface area contributed by atoms with Crippen molar-refractivity contribution in [1.29, 1.82) is 0 Å². The Morgan fingerprint density at radius 2 is 2.30 bits per heavy atom. The minimum absolute atomic E-state index is 0.0551. The number of hydrogen-bond donors (Lipinski definition) is 3. The van der Waals surface area contributed by atoms with Crippen LogP contribution in [-0.2, 0) is 6.54 Å². The van der Waals surface area contributed by atoms with Gasteiger partial charge in [-0.15, -0.1) is 0 Å². The average Bonchev–Trinajstić information content (AvgIpc) is 2.98. The van der Waals surface area contributed by atoms with Gasteiger partial charge in [-0.05, 0) is 12.1 Å². The van der Waals surface area contributed by atoms with Crippen LogP contribution in [0.3, 0.4) is 0 Å². The summed E-state index contributed by atoms with van der Waals surface area (Å²) in [5.74, 6) is 0.391. The maximum atomic E-state index is 12.1. The molecule has 0 spiro atoms. The van der Waals surface area contributed by atoms with Gasteiger partial charge in [0, 0.05) is 31.2 Å². The molecule has 8 heteroatoms. The molecule has 0 saturated heterocycles. The Bertz CT molecular complexity index is 605. The summed E-state index contributed by atoms with van der Waals surface area (Å²) in [6, 6.07) is 3.09. The van der Waals surface area contributed by atoms with E-state index in [1.54, 1.807) is 25.5 Å². The van der Waals surface area contributed by atoms with Gasteiger partial charge in [0.2, 0.25) is 0 Å². The number of nitrogens with zero attached hydrogens (tertiary/aromatic N) is 4. The van der Waals surface area contributed by atoms with Gasteiger partial charge in [0.05, 0.1) is 6.54 Å². The van der Waals surface area contributed by atoms with Crippen LogP contribution < -0.4 is 5.73 Å². The molecule has 0 radical (unpaired) electrons. The van der Waals surface area contributed by atoms with Crippen molar-refractivity contribution >= 4 is 11.7 Å². The molecule has 0 bridgehead atoms. The Balaban J connectivity index is 2.09. The molecule has 0 saturated carbocycles. The van der Waals surface area contributed by atoms with Crippen LogP contribution in [0, 0.1) is 0 Å². The van der Waals surface area contributed by atoms with Gasteiger partial charge >= 0.3 is 0 Å². The van der Waals surface area contributed by atoms with Gasteiger partial charge in [-0.1, -0.05) is 5.16 Å². The summed E-state index contributed by atoms with van der Waals surface area (Å²) in [6.45, 7) is 0.357. The highest BCUT2D eigenvalue weighted by Crippen LogP contribution is 2.05. The van der Waals surface area contributed by atoms with E-state index in [4.69, 9.17) is 10.9 Å². The first-order valence-corrected chi connectivity index (χ1v) is 5.79. The van der Waals surface area contributed by atoms with E-state index in [0.29, 0.717) is 17.9 Å². The highest BCUT2D eigenvalue weighted by atomic mass is 16.4. The SMILES string of the molecule is CN(Cc1ncc[nH]1)C(=O)c1ccc(C(N)=NO)cn1. The summed E-state index contributed by atoms with van der Waals surface area (Å²) in [5, 5.41) is 11.4. The zero-order chi connectivity index (χ0) is 14.5. The normalized spacial score (nSPS) is 11.3. The minimum atomic E-state index is -0.243. The van der Waals surface area contributed by atoms with Crippen LogP contribution in [0.25, 0.3) is 0 Å². The van der Waals surface area contributed by atoms with Crippen molar-refractivity contribution in [2.24, 2.45) is 10.9 Å². The third-order valence-electron chi connectivity index (χ3n) is 2.67. The zero-order valence-corrected chi connectivity index (χ0v) is 10.8. The number of nitrogens with two attached hydrogens (primary N) is 1. The number of imidazole rings is 1. The van der Waals surface area contributed by atoms with Gasteiger partial charge in [0.1, 0.15) is 11.5 Å². The highest BCUT2D eigenvalue weighted by Gasteiger charge is 2.14. The Kier molecular flexibility index (Phi) is 3.94. The number of aromatic nitrogens is 3. The van der Waals surface area contributed by atoms with Crippen LogP contribution in [0.1, 0.15) is 21.9 Å². The lowest BCUT2D eigenvalue weighted by Crippen LogP contribution is -2.27. The van der Waals surface area contributed by atoms with E-state index >= 15 is 0 Å². The van der Waals surface area contributed by atoms with E-state index < -0.39 is 0 Å². The second-order valence-corrected chi connectivity index (χ2v) is 4.11. The minimum Gasteiger partial charge on any atom is -0.409 e. The maximum Gasteiger partial charge on any atom is 0.272 e. The number of oxime groups is 1. The van der Waals surface area contributed by atoms with Gasteiger partial charge in [-0.3, -0.25) is 9.78 Å². The van der Waals surface area contributed by atoms with E-state index in [1.165, 1.54) is 17.2 Å². The first-order chi connectivity index (χ1) is 9.61. The molecule has 0 unspecified atom stereocenters. The molecule has 0 atom stereocenters. The fraction of sp³-hybridized carbons (Fsp3) is 0.167. The number of pyridine rings is 1. The lowest BCUT2D eigenvalue weighted by Gasteiger charge is -2.15. The molecule has 8 nitrogen and oxygen atoms in total. The van der Waals surface area contributed by atoms with Gasteiger partial charge in [-0.2, -0.15) is 0 Å². The molecule has 0 aliphatic heterocycles. The third kappa shape index (κ3) is 2.91. The summed E-state index contributed by atoms with van der Waals surface area (Å²) in [6.07, 6.45) is 4.69. The van der Waals surface area contributed by atoms with Crippen LogP contribution in [0.15, 0.2) is 35.9 Å². The smallest absolute Gasteiger partial charge is 0.272 e. The quantitative estimate of drug-likeness (QED) is 0.317. The number of amides is 1. The van der Waals surface area contributed by atoms with E-state index in [9.17, 15) is 4.79 Å². The Morgan fingerprint density at radius 3 is 2.85 bits per heavy atom. The number of hydrogen-bond acceptors (Lipinski definition) is 5. The first kappa shape index (κ1) is 13.5. The molecule has 0 fully saturated rings. The predicted octanol–water partition coefficient (Wildman–Crippen LogP) is 0.171. The molecule has 1 amide bonds. The van der Waals surface area contributed by atoms with E-state index in [2.05, 4.69) is 20.1 Å². The summed E-state index contributed by atoms with van der Waals surface area (Å²) in [4.78, 5) is 24.6.